The Morgan fingerprint density at radius 2 is 2.38 bits per heavy atom. The summed E-state index contributed by atoms with van der Waals surface area (Å²) in [5, 5.41) is 7.67. The Kier molecular flexibility index (Phi) is 4.72. The van der Waals surface area contributed by atoms with Crippen molar-refractivity contribution in [2.45, 2.75) is 26.3 Å². The lowest BCUT2D eigenvalue weighted by atomic mass is 10.3. The van der Waals surface area contributed by atoms with Crippen molar-refractivity contribution in [1.82, 2.24) is 15.1 Å². The van der Waals surface area contributed by atoms with E-state index < -0.39 is 0 Å². The fourth-order valence-corrected chi connectivity index (χ4v) is 1.82. The summed E-state index contributed by atoms with van der Waals surface area (Å²) in [5.74, 6) is 0. The number of unbranched alkanes of at least 4 members (excludes halogenated alkanes) is 1. The third kappa shape index (κ3) is 3.64. The summed E-state index contributed by atoms with van der Waals surface area (Å²) in [4.78, 5) is 0. The number of aryl methyl sites for hydroxylation is 1. The molecule has 1 aromatic rings. The molecule has 0 spiro atoms. The van der Waals surface area contributed by atoms with E-state index in [9.17, 15) is 0 Å². The van der Waals surface area contributed by atoms with Crippen LogP contribution in [0.5, 0.6) is 0 Å². The average Bonchev–Trinajstić information content (AvgIpc) is 2.39. The molecular formula is C9H16IN3. The molecule has 74 valence electrons. The molecule has 0 saturated heterocycles. The van der Waals surface area contributed by atoms with Gasteiger partial charge in [0, 0.05) is 25.4 Å². The molecule has 1 aromatic heterocycles. The molecule has 0 aliphatic rings. The van der Waals surface area contributed by atoms with Gasteiger partial charge in [-0.05, 0) is 35.6 Å². The lowest BCUT2D eigenvalue weighted by molar-refractivity contribution is 0.640. The summed E-state index contributed by atoms with van der Waals surface area (Å²) >= 11 is 2.27. The molecule has 1 heterocycles. The van der Waals surface area contributed by atoms with Crippen LogP contribution in [0.3, 0.4) is 0 Å². The first-order chi connectivity index (χ1) is 6.24. The number of nitrogens with one attached hydrogen (secondary N) is 1. The van der Waals surface area contributed by atoms with Gasteiger partial charge in [0.25, 0.3) is 0 Å². The average molecular weight is 293 g/mol. The van der Waals surface area contributed by atoms with Crippen molar-refractivity contribution in [1.29, 1.82) is 0 Å². The van der Waals surface area contributed by atoms with Gasteiger partial charge < -0.3 is 5.32 Å². The van der Waals surface area contributed by atoms with Gasteiger partial charge in [0.15, 0.2) is 0 Å². The van der Waals surface area contributed by atoms with Crippen LogP contribution in [0.2, 0.25) is 0 Å². The van der Waals surface area contributed by atoms with Gasteiger partial charge in [0.1, 0.15) is 3.70 Å². The van der Waals surface area contributed by atoms with Crippen LogP contribution in [-0.2, 0) is 13.6 Å². The second-order valence-electron chi connectivity index (χ2n) is 3.15. The molecule has 1 N–H and O–H groups in total. The Labute approximate surface area is 93.0 Å². The highest BCUT2D eigenvalue weighted by Gasteiger charge is 2.02. The van der Waals surface area contributed by atoms with Gasteiger partial charge in [0.2, 0.25) is 0 Å². The first-order valence-corrected chi connectivity index (χ1v) is 5.70. The minimum Gasteiger partial charge on any atom is -0.313 e. The van der Waals surface area contributed by atoms with E-state index >= 15 is 0 Å². The minimum atomic E-state index is 0.937. The van der Waals surface area contributed by atoms with E-state index in [1.54, 1.807) is 0 Å². The van der Waals surface area contributed by atoms with Crippen molar-refractivity contribution in [3.63, 3.8) is 0 Å². The van der Waals surface area contributed by atoms with Crippen LogP contribution >= 0.6 is 22.6 Å². The smallest absolute Gasteiger partial charge is 0.127 e. The molecule has 0 aliphatic carbocycles. The highest BCUT2D eigenvalue weighted by atomic mass is 127. The van der Waals surface area contributed by atoms with Crippen LogP contribution in [-0.4, -0.2) is 16.3 Å². The van der Waals surface area contributed by atoms with Gasteiger partial charge in [0.05, 0.1) is 0 Å². The fraction of sp³-hybridized carbons (Fsp3) is 0.667. The van der Waals surface area contributed by atoms with Crippen molar-refractivity contribution in [3.8, 4) is 0 Å². The van der Waals surface area contributed by atoms with Gasteiger partial charge in [-0.2, -0.15) is 5.10 Å². The third-order valence-electron chi connectivity index (χ3n) is 1.88. The summed E-state index contributed by atoms with van der Waals surface area (Å²) < 4.78 is 2.96. The number of aromatic nitrogens is 2. The Morgan fingerprint density at radius 1 is 1.62 bits per heavy atom. The molecule has 0 amide bonds. The van der Waals surface area contributed by atoms with Gasteiger partial charge >= 0.3 is 0 Å². The van der Waals surface area contributed by atoms with Crippen molar-refractivity contribution in [2.75, 3.05) is 6.54 Å². The van der Waals surface area contributed by atoms with Crippen LogP contribution in [0.1, 0.15) is 25.3 Å². The standard InChI is InChI=1S/C9H16IN3/c1-3-4-5-11-6-8-7-13(2)12-9(8)10/h7,11H,3-6H2,1-2H3. The number of halogens is 1. The molecule has 3 nitrogen and oxygen atoms in total. The number of hydrogen-bond acceptors (Lipinski definition) is 2. The molecular weight excluding hydrogens is 277 g/mol. The quantitative estimate of drug-likeness (QED) is 0.664. The molecule has 0 saturated carbocycles. The Bertz CT molecular complexity index is 257. The van der Waals surface area contributed by atoms with Crippen LogP contribution < -0.4 is 5.32 Å². The first-order valence-electron chi connectivity index (χ1n) is 4.62. The second kappa shape index (κ2) is 5.59. The maximum Gasteiger partial charge on any atom is 0.127 e. The van der Waals surface area contributed by atoms with Crippen LogP contribution in [0.4, 0.5) is 0 Å². The Hall–Kier alpha value is -0.100. The molecule has 0 fully saturated rings. The molecule has 0 bridgehead atoms. The van der Waals surface area contributed by atoms with Crippen LogP contribution in [0, 0.1) is 3.70 Å². The van der Waals surface area contributed by atoms with E-state index in [-0.39, 0.29) is 0 Å². The summed E-state index contributed by atoms with van der Waals surface area (Å²) in [6, 6.07) is 0. The normalized spacial score (nSPS) is 10.7. The molecule has 0 radical (unpaired) electrons. The zero-order valence-electron chi connectivity index (χ0n) is 8.18. The summed E-state index contributed by atoms with van der Waals surface area (Å²) in [6.45, 7) is 4.24. The van der Waals surface area contributed by atoms with Gasteiger partial charge in [-0.1, -0.05) is 13.3 Å². The SMILES string of the molecule is CCCCNCc1cn(C)nc1I. The van der Waals surface area contributed by atoms with Crippen molar-refractivity contribution >= 4 is 22.6 Å². The lowest BCUT2D eigenvalue weighted by Gasteiger charge is -2.00. The fourth-order valence-electron chi connectivity index (χ4n) is 1.15. The second-order valence-corrected chi connectivity index (χ2v) is 4.17. The third-order valence-corrected chi connectivity index (χ3v) is 2.78. The zero-order valence-corrected chi connectivity index (χ0v) is 10.3. The maximum absolute atomic E-state index is 4.27. The van der Waals surface area contributed by atoms with E-state index in [1.165, 1.54) is 18.4 Å². The number of hydrogen-bond donors (Lipinski definition) is 1. The van der Waals surface area contributed by atoms with E-state index in [2.05, 4.69) is 46.1 Å². The van der Waals surface area contributed by atoms with Gasteiger partial charge in [-0.25, -0.2) is 0 Å². The number of rotatable bonds is 5. The Morgan fingerprint density at radius 3 is 2.92 bits per heavy atom. The van der Waals surface area contributed by atoms with Gasteiger partial charge in [-0.15, -0.1) is 0 Å². The monoisotopic (exact) mass is 293 g/mol. The number of nitrogens with zero attached hydrogens (tertiary/aromatic N) is 2. The summed E-state index contributed by atoms with van der Waals surface area (Å²) in [5.41, 5.74) is 1.29. The molecule has 0 aromatic carbocycles. The van der Waals surface area contributed by atoms with Crippen molar-refractivity contribution in [2.24, 2.45) is 7.05 Å². The topological polar surface area (TPSA) is 29.9 Å². The minimum absolute atomic E-state index is 0.937. The Balaban J connectivity index is 2.32. The molecule has 0 atom stereocenters. The van der Waals surface area contributed by atoms with Gasteiger partial charge in [-0.3, -0.25) is 4.68 Å². The maximum atomic E-state index is 4.27. The largest absolute Gasteiger partial charge is 0.313 e. The van der Waals surface area contributed by atoms with Crippen LogP contribution in [0.25, 0.3) is 0 Å². The van der Waals surface area contributed by atoms with E-state index in [4.69, 9.17) is 0 Å². The predicted octanol–water partition coefficient (Wildman–Crippen LogP) is 1.91. The molecule has 13 heavy (non-hydrogen) atoms. The van der Waals surface area contributed by atoms with Crippen molar-refractivity contribution < 1.29 is 0 Å². The molecule has 0 unspecified atom stereocenters. The molecule has 1 rings (SSSR count). The van der Waals surface area contributed by atoms with E-state index in [0.717, 1.165) is 16.8 Å². The van der Waals surface area contributed by atoms with Crippen LogP contribution in [0.15, 0.2) is 6.20 Å². The van der Waals surface area contributed by atoms with E-state index in [0.29, 0.717) is 0 Å². The summed E-state index contributed by atoms with van der Waals surface area (Å²) in [6.07, 6.45) is 4.56. The lowest BCUT2D eigenvalue weighted by Crippen LogP contribution is -2.14. The van der Waals surface area contributed by atoms with Crippen molar-refractivity contribution in [3.05, 3.63) is 15.5 Å². The molecule has 4 heteroatoms. The first kappa shape index (κ1) is 11.0. The zero-order chi connectivity index (χ0) is 9.68. The van der Waals surface area contributed by atoms with E-state index in [1.807, 2.05) is 11.7 Å². The molecule has 0 aliphatic heterocycles. The predicted molar refractivity (Wildman–Crippen MR) is 62.5 cm³/mol. The highest BCUT2D eigenvalue weighted by molar-refractivity contribution is 14.1. The highest BCUT2D eigenvalue weighted by Crippen LogP contribution is 2.08. The summed E-state index contributed by atoms with van der Waals surface area (Å²) in [7, 11) is 1.96.